The molecule has 37 heavy (non-hydrogen) atoms. The van der Waals surface area contributed by atoms with E-state index in [1.807, 2.05) is 0 Å². The fourth-order valence-electron chi connectivity index (χ4n) is 9.93. The van der Waals surface area contributed by atoms with Crippen LogP contribution in [0, 0.1) is 17.8 Å². The third kappa shape index (κ3) is 3.12. The van der Waals surface area contributed by atoms with Gasteiger partial charge >= 0.3 is 0 Å². The van der Waals surface area contributed by atoms with Crippen molar-refractivity contribution < 1.29 is 4.57 Å². The summed E-state index contributed by atoms with van der Waals surface area (Å²) < 4.78 is 2.69. The fourth-order valence-corrected chi connectivity index (χ4v) is 9.93. The van der Waals surface area contributed by atoms with Gasteiger partial charge in [-0.3, -0.25) is 0 Å². The van der Waals surface area contributed by atoms with Gasteiger partial charge in [0.1, 0.15) is 0 Å². The van der Waals surface area contributed by atoms with Crippen molar-refractivity contribution in [2.45, 2.75) is 115 Å². The minimum absolute atomic E-state index is 0.0511. The van der Waals surface area contributed by atoms with Crippen LogP contribution >= 0.6 is 0 Å². The minimum Gasteiger partial charge on any atom is -0.192 e. The zero-order chi connectivity index (χ0) is 25.5. The Kier molecular flexibility index (Phi) is 5.45. The van der Waals surface area contributed by atoms with Crippen LogP contribution in [-0.4, -0.2) is 0 Å². The van der Waals surface area contributed by atoms with Gasteiger partial charge in [-0.1, -0.05) is 57.9 Å². The lowest BCUT2D eigenvalue weighted by molar-refractivity contribution is -0.764. The van der Waals surface area contributed by atoms with E-state index in [-0.39, 0.29) is 11.0 Å². The molecule has 1 heteroatoms. The molecule has 0 radical (unpaired) electrons. The summed E-state index contributed by atoms with van der Waals surface area (Å²) >= 11 is 0. The summed E-state index contributed by atoms with van der Waals surface area (Å²) in [6, 6.07) is 17.0. The van der Waals surface area contributed by atoms with Crippen LogP contribution in [-0.2, 0) is 11.0 Å². The highest BCUT2D eigenvalue weighted by molar-refractivity contribution is 5.94. The Bertz CT molecular complexity index is 1350. The van der Waals surface area contributed by atoms with E-state index in [1.165, 1.54) is 73.4 Å². The smallest absolute Gasteiger partial charge is 0.192 e. The Morgan fingerprint density at radius 3 is 2.16 bits per heavy atom. The van der Waals surface area contributed by atoms with E-state index in [4.69, 9.17) is 0 Å². The average molecular weight is 493 g/mol. The van der Waals surface area contributed by atoms with Gasteiger partial charge in [-0.25, -0.2) is 0 Å². The third-order valence-electron chi connectivity index (χ3n) is 12.4. The SMILES string of the molecule is CCCCC1C2CC3CC1CC(C2)c1cc2c(cc13)-c1c3ccccc3cc[n+]1C(C)(CC)C2(C)CC. The second-order valence-corrected chi connectivity index (χ2v) is 13.6. The Labute approximate surface area is 224 Å². The van der Waals surface area contributed by atoms with E-state index in [0.717, 1.165) is 36.0 Å². The summed E-state index contributed by atoms with van der Waals surface area (Å²) in [6.45, 7) is 12.3. The molecule has 0 N–H and O–H groups in total. The molecule has 8 rings (SSSR count). The lowest BCUT2D eigenvalue weighted by atomic mass is 9.59. The van der Waals surface area contributed by atoms with Crippen LogP contribution < -0.4 is 4.57 Å². The van der Waals surface area contributed by atoms with E-state index < -0.39 is 0 Å². The number of pyridine rings is 1. The number of fused-ring (bicyclic) bond motifs is 5. The van der Waals surface area contributed by atoms with Gasteiger partial charge in [-0.2, -0.15) is 4.57 Å². The first-order valence-electron chi connectivity index (χ1n) is 15.6. The highest BCUT2D eigenvalue weighted by Crippen LogP contribution is 2.61. The van der Waals surface area contributed by atoms with Crippen molar-refractivity contribution >= 4 is 10.8 Å². The van der Waals surface area contributed by atoms with Crippen LogP contribution in [0.25, 0.3) is 22.0 Å². The highest BCUT2D eigenvalue weighted by atomic mass is 15.1. The molecule has 4 bridgehead atoms. The van der Waals surface area contributed by atoms with Crippen LogP contribution in [0.2, 0.25) is 0 Å². The Morgan fingerprint density at radius 2 is 1.51 bits per heavy atom. The van der Waals surface area contributed by atoms with Gasteiger partial charge < -0.3 is 0 Å². The molecule has 2 saturated carbocycles. The van der Waals surface area contributed by atoms with E-state index in [0.29, 0.717) is 0 Å². The number of hydrogen-bond acceptors (Lipinski definition) is 0. The molecule has 0 spiro atoms. The van der Waals surface area contributed by atoms with Gasteiger partial charge in [0.2, 0.25) is 5.69 Å². The molecule has 2 fully saturated rings. The first-order chi connectivity index (χ1) is 17.9. The van der Waals surface area contributed by atoms with Gasteiger partial charge in [0.15, 0.2) is 11.7 Å². The molecular formula is C36H46N+. The summed E-state index contributed by atoms with van der Waals surface area (Å²) in [6.07, 6.45) is 14.8. The van der Waals surface area contributed by atoms with Crippen molar-refractivity contribution in [3.63, 3.8) is 0 Å². The van der Waals surface area contributed by atoms with Crippen molar-refractivity contribution in [3.8, 4) is 11.3 Å². The monoisotopic (exact) mass is 492 g/mol. The summed E-state index contributed by atoms with van der Waals surface area (Å²) in [5.41, 5.74) is 8.30. The summed E-state index contributed by atoms with van der Waals surface area (Å²) in [5.74, 6) is 4.48. The predicted octanol–water partition coefficient (Wildman–Crippen LogP) is 9.41. The summed E-state index contributed by atoms with van der Waals surface area (Å²) in [4.78, 5) is 0. The number of rotatable bonds is 5. The van der Waals surface area contributed by atoms with E-state index >= 15 is 0 Å². The molecule has 4 aliphatic carbocycles. The lowest BCUT2D eigenvalue weighted by Gasteiger charge is -2.47. The van der Waals surface area contributed by atoms with Crippen molar-refractivity contribution in [1.29, 1.82) is 0 Å². The second-order valence-electron chi connectivity index (χ2n) is 13.6. The van der Waals surface area contributed by atoms with E-state index in [2.05, 4.69) is 87.8 Å². The van der Waals surface area contributed by atoms with Crippen molar-refractivity contribution in [3.05, 3.63) is 65.4 Å². The molecule has 3 aromatic rings. The molecular weight excluding hydrogens is 446 g/mol. The number of unbranched alkanes of at least 4 members (excludes halogenated alkanes) is 1. The molecule has 0 amide bonds. The van der Waals surface area contributed by atoms with Gasteiger partial charge in [-0.15, -0.1) is 0 Å². The quantitative estimate of drug-likeness (QED) is 0.312. The topological polar surface area (TPSA) is 3.88 Å². The van der Waals surface area contributed by atoms with Gasteiger partial charge in [0.05, 0.1) is 16.4 Å². The molecule has 2 heterocycles. The second kappa shape index (κ2) is 8.42. The van der Waals surface area contributed by atoms with Crippen LogP contribution in [0.3, 0.4) is 0 Å². The third-order valence-corrected chi connectivity index (χ3v) is 12.4. The maximum Gasteiger partial charge on any atom is 0.221 e. The van der Waals surface area contributed by atoms with Crippen molar-refractivity contribution in [2.75, 3.05) is 0 Å². The van der Waals surface area contributed by atoms with Crippen molar-refractivity contribution in [1.82, 2.24) is 0 Å². The maximum atomic E-state index is 2.78. The Balaban J connectivity index is 1.47. The predicted molar refractivity (Wildman–Crippen MR) is 155 cm³/mol. The fraction of sp³-hybridized carbons (Fsp3) is 0.583. The number of hydrogen-bond donors (Lipinski definition) is 0. The molecule has 2 aromatic carbocycles. The molecule has 194 valence electrons. The zero-order valence-electron chi connectivity index (χ0n) is 23.8. The van der Waals surface area contributed by atoms with Gasteiger partial charge in [-0.05, 0) is 109 Å². The Hall–Kier alpha value is -2.15. The zero-order valence-corrected chi connectivity index (χ0v) is 23.8. The normalized spacial score (nSPS) is 35.2. The van der Waals surface area contributed by atoms with E-state index in [9.17, 15) is 0 Å². The number of benzene rings is 2. The van der Waals surface area contributed by atoms with Crippen molar-refractivity contribution in [2.24, 2.45) is 17.8 Å². The average Bonchev–Trinajstić information content (AvgIpc) is 3.11. The van der Waals surface area contributed by atoms with Crippen LogP contribution in [0.15, 0.2) is 48.7 Å². The van der Waals surface area contributed by atoms with Crippen LogP contribution in [0.5, 0.6) is 0 Å². The molecule has 1 nitrogen and oxygen atoms in total. The lowest BCUT2D eigenvalue weighted by Crippen LogP contribution is -2.67. The molecule has 4 unspecified atom stereocenters. The summed E-state index contributed by atoms with van der Waals surface area (Å²) in [7, 11) is 0. The largest absolute Gasteiger partial charge is 0.221 e. The first-order valence-corrected chi connectivity index (χ1v) is 15.6. The van der Waals surface area contributed by atoms with Gasteiger partial charge in [0, 0.05) is 19.4 Å². The van der Waals surface area contributed by atoms with E-state index in [1.54, 1.807) is 16.7 Å². The van der Waals surface area contributed by atoms with Crippen LogP contribution in [0.1, 0.15) is 121 Å². The molecule has 1 aliphatic heterocycles. The minimum atomic E-state index is 0.0511. The van der Waals surface area contributed by atoms with Gasteiger partial charge in [0.25, 0.3) is 0 Å². The highest BCUT2D eigenvalue weighted by Gasteiger charge is 2.57. The standard InChI is InChI=1S/C36H46N/c1-6-9-13-28-24-17-26-18-25(28)20-27(19-24)31-22-33-32(21-30(26)31)34-29-14-11-10-12-23(29)15-16-37(34)36(5,8-3)35(33,4)7-2/h10-12,14-16,21-22,24-28H,6-9,13,17-20H2,1-5H3/q+1. The molecule has 0 saturated heterocycles. The number of nitrogens with zero attached hydrogens (tertiary/aromatic N) is 1. The Morgan fingerprint density at radius 1 is 0.838 bits per heavy atom. The molecule has 4 atom stereocenters. The first kappa shape index (κ1) is 23.9. The maximum absolute atomic E-state index is 2.78. The van der Waals surface area contributed by atoms with Crippen LogP contribution in [0.4, 0.5) is 0 Å². The molecule has 1 aromatic heterocycles. The number of aromatic nitrogens is 1. The summed E-state index contributed by atoms with van der Waals surface area (Å²) in [5, 5.41) is 2.79. The molecule has 5 aliphatic rings.